The number of hydrogen-bond donors (Lipinski definition) is 1. The second-order valence-corrected chi connectivity index (χ2v) is 2.98. The molecule has 0 bridgehead atoms. The van der Waals surface area contributed by atoms with E-state index in [4.69, 9.17) is 4.74 Å². The molecule has 1 aromatic heterocycles. The molecule has 0 amide bonds. The number of nitrogens with one attached hydrogen (secondary N) is 1. The first-order valence-electron chi connectivity index (χ1n) is 4.00. The molecule has 0 radical (unpaired) electrons. The molecule has 1 aliphatic heterocycles. The van der Waals surface area contributed by atoms with Gasteiger partial charge in [-0.3, -0.25) is 5.10 Å². The number of H-pyrrole nitrogens is 1. The fourth-order valence-electron chi connectivity index (χ4n) is 1.44. The number of aromatic nitrogens is 2. The zero-order valence-electron chi connectivity index (χ0n) is 6.45. The SMILES string of the molecule is c1ccc2c([C@H]3CO3)[nH]nc2c1. The second kappa shape index (κ2) is 2.08. The zero-order valence-corrected chi connectivity index (χ0v) is 6.45. The Morgan fingerprint density at radius 3 is 3.08 bits per heavy atom. The van der Waals surface area contributed by atoms with Crippen LogP contribution in [0.25, 0.3) is 10.9 Å². The van der Waals surface area contributed by atoms with Crippen LogP contribution >= 0.6 is 0 Å². The maximum atomic E-state index is 5.19. The topological polar surface area (TPSA) is 41.2 Å². The predicted molar refractivity (Wildman–Crippen MR) is 44.8 cm³/mol. The molecule has 0 spiro atoms. The van der Waals surface area contributed by atoms with Crippen LogP contribution in [-0.4, -0.2) is 16.8 Å². The van der Waals surface area contributed by atoms with Crippen LogP contribution in [-0.2, 0) is 4.74 Å². The number of fused-ring (bicyclic) bond motifs is 1. The molecule has 1 aromatic carbocycles. The van der Waals surface area contributed by atoms with Crippen molar-refractivity contribution in [3.8, 4) is 0 Å². The highest BCUT2D eigenvalue weighted by Gasteiger charge is 2.28. The van der Waals surface area contributed by atoms with Crippen molar-refractivity contribution < 1.29 is 4.74 Å². The van der Waals surface area contributed by atoms with Gasteiger partial charge in [0.25, 0.3) is 0 Å². The monoisotopic (exact) mass is 160 g/mol. The number of hydrogen-bond acceptors (Lipinski definition) is 2. The van der Waals surface area contributed by atoms with Gasteiger partial charge in [-0.1, -0.05) is 18.2 Å². The summed E-state index contributed by atoms with van der Waals surface area (Å²) in [6, 6.07) is 8.07. The summed E-state index contributed by atoms with van der Waals surface area (Å²) in [7, 11) is 0. The summed E-state index contributed by atoms with van der Waals surface area (Å²) in [5.41, 5.74) is 2.13. The van der Waals surface area contributed by atoms with Gasteiger partial charge in [0.2, 0.25) is 0 Å². The average Bonchev–Trinajstić information content (AvgIpc) is 2.86. The van der Waals surface area contributed by atoms with Gasteiger partial charge in [0.15, 0.2) is 0 Å². The summed E-state index contributed by atoms with van der Waals surface area (Å²) < 4.78 is 5.19. The van der Waals surface area contributed by atoms with Gasteiger partial charge < -0.3 is 4.74 Å². The van der Waals surface area contributed by atoms with E-state index in [9.17, 15) is 0 Å². The minimum absolute atomic E-state index is 0.261. The maximum absolute atomic E-state index is 5.19. The Labute approximate surface area is 69.3 Å². The molecule has 60 valence electrons. The third kappa shape index (κ3) is 0.769. The van der Waals surface area contributed by atoms with Crippen molar-refractivity contribution in [2.24, 2.45) is 0 Å². The number of epoxide rings is 1. The van der Waals surface area contributed by atoms with Gasteiger partial charge in [-0.15, -0.1) is 0 Å². The Morgan fingerprint density at radius 2 is 2.25 bits per heavy atom. The molecular weight excluding hydrogens is 152 g/mol. The smallest absolute Gasteiger partial charge is 0.123 e. The van der Waals surface area contributed by atoms with Crippen molar-refractivity contribution in [2.75, 3.05) is 6.61 Å². The Kier molecular flexibility index (Phi) is 1.07. The number of ether oxygens (including phenoxy) is 1. The van der Waals surface area contributed by atoms with Gasteiger partial charge in [0.1, 0.15) is 6.10 Å². The summed E-state index contributed by atoms with van der Waals surface area (Å²) in [6.45, 7) is 0.826. The van der Waals surface area contributed by atoms with Crippen LogP contribution in [0.5, 0.6) is 0 Å². The molecule has 3 rings (SSSR count). The molecule has 12 heavy (non-hydrogen) atoms. The molecule has 1 aliphatic rings. The van der Waals surface area contributed by atoms with E-state index in [0.29, 0.717) is 0 Å². The molecule has 3 heteroatoms. The van der Waals surface area contributed by atoms with E-state index in [1.165, 1.54) is 5.39 Å². The molecular formula is C9H8N2O. The van der Waals surface area contributed by atoms with E-state index in [2.05, 4.69) is 16.3 Å². The first-order chi connectivity index (χ1) is 5.95. The minimum atomic E-state index is 0.261. The molecule has 0 saturated carbocycles. The fraction of sp³-hybridized carbons (Fsp3) is 0.222. The van der Waals surface area contributed by atoms with E-state index in [0.717, 1.165) is 17.8 Å². The van der Waals surface area contributed by atoms with E-state index in [-0.39, 0.29) is 6.10 Å². The molecule has 1 N–H and O–H groups in total. The number of aromatic amines is 1. The lowest BCUT2D eigenvalue weighted by Gasteiger charge is -1.88. The Hall–Kier alpha value is -1.35. The van der Waals surface area contributed by atoms with Crippen molar-refractivity contribution in [2.45, 2.75) is 6.10 Å². The van der Waals surface area contributed by atoms with Gasteiger partial charge in [-0.25, -0.2) is 0 Å². The highest BCUT2D eigenvalue weighted by Crippen LogP contribution is 2.32. The Morgan fingerprint density at radius 1 is 1.42 bits per heavy atom. The maximum Gasteiger partial charge on any atom is 0.123 e. The van der Waals surface area contributed by atoms with Gasteiger partial charge in [-0.2, -0.15) is 5.10 Å². The van der Waals surface area contributed by atoms with Crippen LogP contribution in [0.4, 0.5) is 0 Å². The van der Waals surface area contributed by atoms with Gasteiger partial charge in [-0.05, 0) is 6.07 Å². The lowest BCUT2D eigenvalue weighted by atomic mass is 10.2. The van der Waals surface area contributed by atoms with Crippen molar-refractivity contribution in [1.29, 1.82) is 0 Å². The summed E-state index contributed by atoms with van der Waals surface area (Å²) in [5, 5.41) is 8.36. The highest BCUT2D eigenvalue weighted by molar-refractivity contribution is 5.81. The summed E-state index contributed by atoms with van der Waals surface area (Å²) in [5.74, 6) is 0. The summed E-state index contributed by atoms with van der Waals surface area (Å²) >= 11 is 0. The zero-order chi connectivity index (χ0) is 7.97. The second-order valence-electron chi connectivity index (χ2n) is 2.98. The lowest BCUT2D eigenvalue weighted by Crippen LogP contribution is -1.79. The van der Waals surface area contributed by atoms with E-state index < -0.39 is 0 Å². The molecule has 1 fully saturated rings. The predicted octanol–water partition coefficient (Wildman–Crippen LogP) is 1.63. The number of benzene rings is 1. The van der Waals surface area contributed by atoms with Crippen LogP contribution in [0.15, 0.2) is 24.3 Å². The molecule has 0 unspecified atom stereocenters. The number of nitrogens with zero attached hydrogens (tertiary/aromatic N) is 1. The molecule has 0 aliphatic carbocycles. The van der Waals surface area contributed by atoms with Crippen LogP contribution in [0.1, 0.15) is 11.8 Å². The summed E-state index contributed by atoms with van der Waals surface area (Å²) in [6.07, 6.45) is 0.261. The first kappa shape index (κ1) is 6.20. The van der Waals surface area contributed by atoms with Crippen molar-refractivity contribution in [1.82, 2.24) is 10.2 Å². The highest BCUT2D eigenvalue weighted by atomic mass is 16.6. The van der Waals surface area contributed by atoms with Crippen molar-refractivity contribution >= 4 is 10.9 Å². The Balaban J connectivity index is 2.30. The van der Waals surface area contributed by atoms with E-state index in [1.54, 1.807) is 0 Å². The first-order valence-corrected chi connectivity index (χ1v) is 4.00. The number of para-hydroxylation sites is 1. The van der Waals surface area contributed by atoms with Crippen LogP contribution in [0.3, 0.4) is 0 Å². The van der Waals surface area contributed by atoms with Crippen molar-refractivity contribution in [3.05, 3.63) is 30.0 Å². The van der Waals surface area contributed by atoms with Gasteiger partial charge in [0, 0.05) is 5.39 Å². The normalized spacial score (nSPS) is 21.5. The molecule has 1 saturated heterocycles. The largest absolute Gasteiger partial charge is 0.366 e. The average molecular weight is 160 g/mol. The van der Waals surface area contributed by atoms with E-state index in [1.807, 2.05) is 18.2 Å². The molecule has 1 atom stereocenters. The molecule has 2 aromatic rings. The third-order valence-corrected chi connectivity index (χ3v) is 2.15. The van der Waals surface area contributed by atoms with Gasteiger partial charge in [0.05, 0.1) is 17.8 Å². The van der Waals surface area contributed by atoms with Crippen LogP contribution < -0.4 is 0 Å². The van der Waals surface area contributed by atoms with Crippen LogP contribution in [0.2, 0.25) is 0 Å². The standard InChI is InChI=1S/C9H8N2O/c1-2-4-7-6(3-1)9(11-10-7)8-5-12-8/h1-4,8H,5H2,(H,10,11)/t8-/m1/s1. The van der Waals surface area contributed by atoms with E-state index >= 15 is 0 Å². The van der Waals surface area contributed by atoms with Gasteiger partial charge >= 0.3 is 0 Å². The minimum Gasteiger partial charge on any atom is -0.366 e. The lowest BCUT2D eigenvalue weighted by molar-refractivity contribution is 0.412. The Bertz CT molecular complexity index is 417. The van der Waals surface area contributed by atoms with Crippen LogP contribution in [0, 0.1) is 0 Å². The molecule has 3 nitrogen and oxygen atoms in total. The quantitative estimate of drug-likeness (QED) is 0.644. The molecule has 2 heterocycles. The summed E-state index contributed by atoms with van der Waals surface area (Å²) in [4.78, 5) is 0. The number of rotatable bonds is 1. The van der Waals surface area contributed by atoms with Crippen molar-refractivity contribution in [3.63, 3.8) is 0 Å². The fourth-order valence-corrected chi connectivity index (χ4v) is 1.44. The third-order valence-electron chi connectivity index (χ3n) is 2.15.